The van der Waals surface area contributed by atoms with E-state index in [1.165, 1.54) is 89.0 Å². The van der Waals surface area contributed by atoms with Crippen molar-refractivity contribution in [3.63, 3.8) is 0 Å². The Morgan fingerprint density at radius 1 is 0.667 bits per heavy atom. The quantitative estimate of drug-likeness (QED) is 0.149. The van der Waals surface area contributed by atoms with E-state index in [2.05, 4.69) is 27.7 Å². The maximum absolute atomic E-state index is 11.7. The fourth-order valence-corrected chi connectivity index (χ4v) is 5.82. The average Bonchev–Trinajstić information content (AvgIpc) is 2.80. The molecule has 4 heteroatoms. The third-order valence-electron chi connectivity index (χ3n) is 7.78. The maximum Gasteiger partial charge on any atom is 0.294 e. The SMILES string of the molecule is CCCCCCCCCCCCCCCCc1cc(S(=O)(=O)O)ccc1C(CC)(CC)CC. The molecule has 0 atom stereocenters. The van der Waals surface area contributed by atoms with Crippen molar-refractivity contribution >= 4 is 10.1 Å². The van der Waals surface area contributed by atoms with Crippen LogP contribution in [0.2, 0.25) is 0 Å². The number of rotatable bonds is 20. The lowest BCUT2D eigenvalue weighted by Gasteiger charge is -2.33. The van der Waals surface area contributed by atoms with Crippen LogP contribution in [0.25, 0.3) is 0 Å². The monoisotopic (exact) mass is 480 g/mol. The summed E-state index contributed by atoms with van der Waals surface area (Å²) < 4.78 is 33.0. The molecule has 1 aromatic rings. The minimum absolute atomic E-state index is 0.0313. The van der Waals surface area contributed by atoms with Crippen molar-refractivity contribution < 1.29 is 13.0 Å². The summed E-state index contributed by atoms with van der Waals surface area (Å²) in [5, 5.41) is 0. The fraction of sp³-hybridized carbons (Fsp3) is 0.793. The van der Waals surface area contributed by atoms with Crippen molar-refractivity contribution in [2.24, 2.45) is 0 Å². The maximum atomic E-state index is 11.7. The second kappa shape index (κ2) is 16.7. The zero-order valence-electron chi connectivity index (χ0n) is 22.1. The first-order valence-corrected chi connectivity index (χ1v) is 15.4. The molecule has 3 nitrogen and oxygen atoms in total. The van der Waals surface area contributed by atoms with E-state index in [0.29, 0.717) is 0 Å². The molecule has 0 bridgehead atoms. The zero-order chi connectivity index (χ0) is 24.6. The summed E-state index contributed by atoms with van der Waals surface area (Å²) in [5.41, 5.74) is 2.47. The molecule has 0 unspecified atom stereocenters. The highest BCUT2D eigenvalue weighted by Crippen LogP contribution is 2.38. The van der Waals surface area contributed by atoms with Gasteiger partial charge in [-0.25, -0.2) is 0 Å². The van der Waals surface area contributed by atoms with E-state index in [9.17, 15) is 13.0 Å². The van der Waals surface area contributed by atoms with Crippen LogP contribution in [-0.4, -0.2) is 13.0 Å². The Labute approximate surface area is 205 Å². The highest BCUT2D eigenvalue weighted by atomic mass is 32.2. The van der Waals surface area contributed by atoms with Crippen molar-refractivity contribution in [3.05, 3.63) is 29.3 Å². The van der Waals surface area contributed by atoms with Gasteiger partial charge in [0, 0.05) is 0 Å². The standard InChI is InChI=1S/C29H52O3S/c1-5-9-10-11-12-13-14-15-16-17-18-19-20-21-22-26-25-27(33(30,31)32)23-24-28(26)29(6-2,7-3)8-4/h23-25H,5-22H2,1-4H3,(H,30,31,32). The van der Waals surface area contributed by atoms with Crippen LogP contribution in [0.15, 0.2) is 23.1 Å². The molecule has 0 heterocycles. The van der Waals surface area contributed by atoms with Crippen molar-refractivity contribution in [1.29, 1.82) is 0 Å². The highest BCUT2D eigenvalue weighted by Gasteiger charge is 2.29. The molecule has 0 saturated carbocycles. The largest absolute Gasteiger partial charge is 0.294 e. The van der Waals surface area contributed by atoms with E-state index in [0.717, 1.165) is 37.7 Å². The summed E-state index contributed by atoms with van der Waals surface area (Å²) in [6.07, 6.45) is 22.7. The molecule has 1 N–H and O–H groups in total. The van der Waals surface area contributed by atoms with E-state index in [4.69, 9.17) is 0 Å². The molecule has 0 fully saturated rings. The molecule has 0 spiro atoms. The fourth-order valence-electron chi connectivity index (χ4n) is 5.29. The van der Waals surface area contributed by atoms with Gasteiger partial charge in [0.15, 0.2) is 0 Å². The van der Waals surface area contributed by atoms with Gasteiger partial charge in [-0.2, -0.15) is 8.42 Å². The highest BCUT2D eigenvalue weighted by molar-refractivity contribution is 7.85. The van der Waals surface area contributed by atoms with Gasteiger partial charge in [-0.05, 0) is 60.8 Å². The van der Waals surface area contributed by atoms with Gasteiger partial charge in [0.05, 0.1) is 4.90 Å². The lowest BCUT2D eigenvalue weighted by molar-refractivity contribution is 0.377. The Hall–Kier alpha value is -0.870. The van der Waals surface area contributed by atoms with Crippen molar-refractivity contribution in [1.82, 2.24) is 0 Å². The topological polar surface area (TPSA) is 54.4 Å². The Balaban J connectivity index is 2.43. The minimum atomic E-state index is -4.17. The Morgan fingerprint density at radius 2 is 1.09 bits per heavy atom. The first kappa shape index (κ1) is 30.2. The van der Waals surface area contributed by atoms with Crippen molar-refractivity contribution in [3.8, 4) is 0 Å². The molecule has 0 aliphatic rings. The number of benzene rings is 1. The predicted octanol–water partition coefficient (Wildman–Crippen LogP) is 9.42. The van der Waals surface area contributed by atoms with Gasteiger partial charge in [-0.15, -0.1) is 0 Å². The Bertz CT molecular complexity index is 727. The molecule has 0 aliphatic carbocycles. The van der Waals surface area contributed by atoms with Crippen LogP contribution < -0.4 is 0 Å². The first-order chi connectivity index (χ1) is 15.8. The minimum Gasteiger partial charge on any atom is -0.282 e. The predicted molar refractivity (Wildman–Crippen MR) is 143 cm³/mol. The van der Waals surface area contributed by atoms with E-state index in [1.807, 2.05) is 6.07 Å². The third-order valence-corrected chi connectivity index (χ3v) is 8.63. The Morgan fingerprint density at radius 3 is 1.48 bits per heavy atom. The second-order valence-electron chi connectivity index (χ2n) is 9.98. The number of hydrogen-bond acceptors (Lipinski definition) is 2. The summed E-state index contributed by atoms with van der Waals surface area (Å²) in [7, 11) is -4.17. The number of hydrogen-bond donors (Lipinski definition) is 1. The van der Waals surface area contributed by atoms with Crippen LogP contribution in [-0.2, 0) is 22.0 Å². The van der Waals surface area contributed by atoms with Gasteiger partial charge >= 0.3 is 0 Å². The molecule has 0 aromatic heterocycles. The first-order valence-electron chi connectivity index (χ1n) is 14.0. The van der Waals surface area contributed by atoms with E-state index in [-0.39, 0.29) is 10.3 Å². The van der Waals surface area contributed by atoms with E-state index in [1.54, 1.807) is 12.1 Å². The molecule has 192 valence electrons. The van der Waals surface area contributed by atoms with Crippen LogP contribution in [0.5, 0.6) is 0 Å². The molecule has 1 rings (SSSR count). The van der Waals surface area contributed by atoms with Crippen LogP contribution in [0, 0.1) is 0 Å². The van der Waals surface area contributed by atoms with Crippen LogP contribution >= 0.6 is 0 Å². The van der Waals surface area contributed by atoms with E-state index >= 15 is 0 Å². The summed E-state index contributed by atoms with van der Waals surface area (Å²) in [6, 6.07) is 5.26. The van der Waals surface area contributed by atoms with E-state index < -0.39 is 10.1 Å². The van der Waals surface area contributed by atoms with Crippen LogP contribution in [0.1, 0.15) is 148 Å². The average molecular weight is 481 g/mol. The lowest BCUT2D eigenvalue weighted by atomic mass is 9.71. The molecule has 1 aromatic carbocycles. The van der Waals surface area contributed by atoms with Gasteiger partial charge in [0.25, 0.3) is 10.1 Å². The molecule has 0 saturated heterocycles. The Kier molecular flexibility index (Phi) is 15.3. The molecular weight excluding hydrogens is 428 g/mol. The van der Waals surface area contributed by atoms with Gasteiger partial charge in [0.2, 0.25) is 0 Å². The molecule has 0 amide bonds. The van der Waals surface area contributed by atoms with Gasteiger partial charge < -0.3 is 0 Å². The normalized spacial score (nSPS) is 12.4. The zero-order valence-corrected chi connectivity index (χ0v) is 22.9. The summed E-state index contributed by atoms with van der Waals surface area (Å²) >= 11 is 0. The smallest absolute Gasteiger partial charge is 0.282 e. The summed E-state index contributed by atoms with van der Waals surface area (Å²) in [4.78, 5) is 0.0313. The summed E-state index contributed by atoms with van der Waals surface area (Å²) in [5.74, 6) is 0. The number of unbranched alkanes of at least 4 members (excludes halogenated alkanes) is 13. The van der Waals surface area contributed by atoms with Gasteiger partial charge in [-0.1, -0.05) is 117 Å². The van der Waals surface area contributed by atoms with Crippen molar-refractivity contribution in [2.45, 2.75) is 154 Å². The second-order valence-corrected chi connectivity index (χ2v) is 11.4. The summed E-state index contributed by atoms with van der Waals surface area (Å²) in [6.45, 7) is 8.94. The lowest BCUT2D eigenvalue weighted by Crippen LogP contribution is -2.25. The molecule has 0 radical (unpaired) electrons. The third kappa shape index (κ3) is 10.9. The van der Waals surface area contributed by atoms with Gasteiger partial charge in [-0.3, -0.25) is 4.55 Å². The van der Waals surface area contributed by atoms with Crippen LogP contribution in [0.4, 0.5) is 0 Å². The van der Waals surface area contributed by atoms with Gasteiger partial charge in [0.1, 0.15) is 0 Å². The number of aryl methyl sites for hydroxylation is 1. The van der Waals surface area contributed by atoms with Crippen molar-refractivity contribution in [2.75, 3.05) is 0 Å². The molecule has 0 aliphatic heterocycles. The molecular formula is C29H52O3S. The van der Waals surface area contributed by atoms with Crippen LogP contribution in [0.3, 0.4) is 0 Å². The molecule has 33 heavy (non-hydrogen) atoms.